The molecule has 0 atom stereocenters. The van der Waals surface area contributed by atoms with E-state index in [1.165, 1.54) is 25.3 Å². The molecule has 0 unspecified atom stereocenters. The Labute approximate surface area is 73.5 Å². The molecule has 0 aliphatic rings. The van der Waals surface area contributed by atoms with Crippen LogP contribution < -0.4 is 4.74 Å². The number of phenols is 1. The number of aryl methyl sites for hydroxylation is 1. The number of hydrogen-bond donors (Lipinski definition) is 1. The molecule has 0 saturated heterocycles. The van der Waals surface area contributed by atoms with Gasteiger partial charge in [0.25, 0.3) is 0 Å². The van der Waals surface area contributed by atoms with Gasteiger partial charge in [0.15, 0.2) is 11.5 Å². The lowest BCUT2D eigenvalue weighted by Gasteiger charge is -2.03. The second kappa shape index (κ2) is 3.28. The van der Waals surface area contributed by atoms with Gasteiger partial charge in [-0.1, -0.05) is 12.9 Å². The molecule has 1 aromatic rings. The highest BCUT2D eigenvalue weighted by molar-refractivity contribution is 5.41. The third-order valence-electron chi connectivity index (χ3n) is 1.32. The Morgan fingerprint density at radius 1 is 1.73 bits per heavy atom. The van der Waals surface area contributed by atoms with Crippen LogP contribution in [-0.4, -0.2) is 12.2 Å². The number of aromatic hydroxyl groups is 1. The Kier molecular flexibility index (Phi) is 1.04. The third kappa shape index (κ3) is 1.64. The van der Waals surface area contributed by atoms with Gasteiger partial charge < -0.3 is 9.84 Å². The Hall–Kier alpha value is -1.18. The average molecular weight is 157 g/mol. The first-order valence-corrected chi connectivity index (χ1v) is 3.07. The van der Waals surface area contributed by atoms with Crippen molar-refractivity contribution in [2.24, 2.45) is 0 Å². The number of hydrogen-bond acceptors (Lipinski definition) is 2. The molecule has 2 heteroatoms. The van der Waals surface area contributed by atoms with E-state index >= 15 is 0 Å². The number of ether oxygens (including phenoxy) is 1. The van der Waals surface area contributed by atoms with Gasteiger partial charge in [-0.25, -0.2) is 0 Å². The van der Waals surface area contributed by atoms with E-state index in [9.17, 15) is 5.11 Å². The van der Waals surface area contributed by atoms with Crippen molar-refractivity contribution in [1.82, 2.24) is 0 Å². The smallest absolute Gasteiger partial charge is 0.160 e. The molecule has 0 saturated carbocycles. The van der Waals surface area contributed by atoms with Crippen LogP contribution in [0.1, 0.15) is 19.3 Å². The Morgan fingerprint density at radius 3 is 3.18 bits per heavy atom. The summed E-state index contributed by atoms with van der Waals surface area (Å²) in [6, 6.07) is 3.61. The Bertz CT molecular complexity index is 386. The van der Waals surface area contributed by atoms with Gasteiger partial charge in [-0.3, -0.25) is 0 Å². The molecule has 2 nitrogen and oxygen atoms in total. The molecule has 1 aromatic carbocycles. The summed E-state index contributed by atoms with van der Waals surface area (Å²) in [5, 5.41) is 9.32. The zero-order valence-corrected chi connectivity index (χ0v) is 6.09. The van der Waals surface area contributed by atoms with Crippen LogP contribution in [0.4, 0.5) is 0 Å². The topological polar surface area (TPSA) is 29.5 Å². The van der Waals surface area contributed by atoms with Crippen LogP contribution in [0, 0.1) is 0 Å². The SMILES string of the molecule is [2H]C([2H])([2H])C([2H])([2H])c1ccc(O)c(OC)c1. The maximum atomic E-state index is 9.32. The minimum Gasteiger partial charge on any atom is -0.504 e. The molecule has 0 spiro atoms. The van der Waals surface area contributed by atoms with E-state index in [0.29, 0.717) is 0 Å². The zero-order valence-electron chi connectivity index (χ0n) is 11.1. The largest absolute Gasteiger partial charge is 0.504 e. The van der Waals surface area contributed by atoms with E-state index in [1.807, 2.05) is 0 Å². The van der Waals surface area contributed by atoms with E-state index in [4.69, 9.17) is 11.6 Å². The van der Waals surface area contributed by atoms with E-state index in [1.54, 1.807) is 0 Å². The molecule has 1 N–H and O–H groups in total. The summed E-state index contributed by atoms with van der Waals surface area (Å²) in [4.78, 5) is 0. The van der Waals surface area contributed by atoms with Gasteiger partial charge in [0.2, 0.25) is 0 Å². The Morgan fingerprint density at radius 2 is 2.55 bits per heavy atom. The van der Waals surface area contributed by atoms with Gasteiger partial charge in [-0.2, -0.15) is 0 Å². The predicted molar refractivity (Wildman–Crippen MR) is 44.0 cm³/mol. The van der Waals surface area contributed by atoms with Crippen molar-refractivity contribution in [3.05, 3.63) is 23.8 Å². The molecule has 1 rings (SSSR count). The highest BCUT2D eigenvalue weighted by atomic mass is 16.5. The van der Waals surface area contributed by atoms with E-state index < -0.39 is 13.2 Å². The van der Waals surface area contributed by atoms with Crippen LogP contribution in [0.25, 0.3) is 0 Å². The van der Waals surface area contributed by atoms with Crippen LogP contribution in [0.2, 0.25) is 0 Å². The highest BCUT2D eigenvalue weighted by Crippen LogP contribution is 2.26. The standard InChI is InChI=1S/C9H12O2/c1-3-7-4-5-8(10)9(6-7)11-2/h4-6,10H,3H2,1-2H3/i1D3,3D2. The van der Waals surface area contributed by atoms with Crippen molar-refractivity contribution in [3.63, 3.8) is 0 Å². The first-order chi connectivity index (χ1) is 7.20. The molecule has 0 aliphatic heterocycles. The third-order valence-corrected chi connectivity index (χ3v) is 1.32. The van der Waals surface area contributed by atoms with Crippen LogP contribution >= 0.6 is 0 Å². The van der Waals surface area contributed by atoms with E-state index in [0.717, 1.165) is 0 Å². The summed E-state index contributed by atoms with van der Waals surface area (Å²) in [5.41, 5.74) is -0.0536. The summed E-state index contributed by atoms with van der Waals surface area (Å²) < 4.78 is 41.2. The molecule has 0 heterocycles. The van der Waals surface area contributed by atoms with E-state index in [-0.39, 0.29) is 17.1 Å². The molecular weight excluding hydrogens is 140 g/mol. The van der Waals surface area contributed by atoms with E-state index in [2.05, 4.69) is 0 Å². The molecule has 0 fully saturated rings. The molecule has 60 valence electrons. The molecule has 0 aliphatic carbocycles. The lowest BCUT2D eigenvalue weighted by atomic mass is 10.1. The summed E-state index contributed by atoms with van der Waals surface area (Å²) >= 11 is 0. The van der Waals surface area contributed by atoms with Crippen molar-refractivity contribution >= 4 is 0 Å². The van der Waals surface area contributed by atoms with Crippen LogP contribution in [0.15, 0.2) is 18.2 Å². The van der Waals surface area contributed by atoms with Gasteiger partial charge >= 0.3 is 0 Å². The van der Waals surface area contributed by atoms with Gasteiger partial charge in [-0.05, 0) is 24.1 Å². The summed E-state index contributed by atoms with van der Waals surface area (Å²) in [7, 11) is 1.31. The molecular formula is C9H12O2. The number of methoxy groups -OCH3 is 1. The number of phenolic OH excluding ortho intramolecular Hbond substituents is 1. The van der Waals surface area contributed by atoms with Gasteiger partial charge in [-0.15, -0.1) is 0 Å². The second-order valence-electron chi connectivity index (χ2n) is 2.01. The summed E-state index contributed by atoms with van der Waals surface area (Å²) in [5.74, 6) is -0.113. The molecule has 11 heavy (non-hydrogen) atoms. The fourth-order valence-electron chi connectivity index (χ4n) is 0.755. The molecule has 0 radical (unpaired) electrons. The van der Waals surface area contributed by atoms with Crippen LogP contribution in [-0.2, 0) is 6.37 Å². The maximum Gasteiger partial charge on any atom is 0.160 e. The molecule has 0 amide bonds. The summed E-state index contributed by atoms with van der Waals surface area (Å²) in [6.07, 6.45) is -2.48. The van der Waals surface area contributed by atoms with Gasteiger partial charge in [0.1, 0.15) is 0 Å². The number of rotatable bonds is 2. The first kappa shape index (κ1) is 3.48. The van der Waals surface area contributed by atoms with Crippen molar-refractivity contribution in [1.29, 1.82) is 0 Å². The lowest BCUT2D eigenvalue weighted by molar-refractivity contribution is 0.373. The van der Waals surface area contributed by atoms with Crippen molar-refractivity contribution < 1.29 is 16.7 Å². The number of benzene rings is 1. The monoisotopic (exact) mass is 157 g/mol. The fraction of sp³-hybridized carbons (Fsp3) is 0.333. The summed E-state index contributed by atoms with van der Waals surface area (Å²) in [6.45, 7) is -2.77. The van der Waals surface area contributed by atoms with Crippen molar-refractivity contribution in [2.75, 3.05) is 7.11 Å². The minimum atomic E-state index is -2.77. The fourth-order valence-corrected chi connectivity index (χ4v) is 0.755. The highest BCUT2D eigenvalue weighted by Gasteiger charge is 1.99. The molecule has 0 bridgehead atoms. The minimum absolute atomic E-state index is 0.0469. The van der Waals surface area contributed by atoms with Gasteiger partial charge in [0, 0.05) is 6.85 Å². The molecule has 0 aromatic heterocycles. The Balaban J connectivity index is 3.24. The lowest BCUT2D eigenvalue weighted by Crippen LogP contribution is -1.86. The van der Waals surface area contributed by atoms with Crippen molar-refractivity contribution in [2.45, 2.75) is 13.2 Å². The maximum absolute atomic E-state index is 9.32. The van der Waals surface area contributed by atoms with Crippen molar-refractivity contribution in [3.8, 4) is 11.5 Å². The zero-order chi connectivity index (χ0) is 12.6. The van der Waals surface area contributed by atoms with Gasteiger partial charge in [0.05, 0.1) is 7.11 Å². The first-order valence-electron chi connectivity index (χ1n) is 5.57. The predicted octanol–water partition coefficient (Wildman–Crippen LogP) is 1.96. The quantitative estimate of drug-likeness (QED) is 0.711. The average Bonchev–Trinajstić information content (AvgIpc) is 2.16. The van der Waals surface area contributed by atoms with Crippen LogP contribution in [0.3, 0.4) is 0 Å². The normalized spacial score (nSPS) is 18.8. The van der Waals surface area contributed by atoms with Crippen LogP contribution in [0.5, 0.6) is 11.5 Å². The second-order valence-corrected chi connectivity index (χ2v) is 2.01.